The van der Waals surface area contributed by atoms with E-state index in [4.69, 9.17) is 0 Å². The number of nitrogens with zero attached hydrogens (tertiary/aromatic N) is 3. The quantitative estimate of drug-likeness (QED) is 0.350. The van der Waals surface area contributed by atoms with Crippen molar-refractivity contribution in [2.75, 3.05) is 27.2 Å². The monoisotopic (exact) mass is 512 g/mol. The Balaban J connectivity index is 0.00000280. The molecule has 1 aliphatic rings. The highest BCUT2D eigenvalue weighted by Crippen LogP contribution is 2.17. The average Bonchev–Trinajstić information content (AvgIpc) is 3.34. The molecule has 1 aromatic heterocycles. The molecule has 0 saturated carbocycles. The van der Waals surface area contributed by atoms with Gasteiger partial charge in [0.05, 0.1) is 0 Å². The first-order valence-electron chi connectivity index (χ1n) is 9.46. The first-order chi connectivity index (χ1) is 13.2. The van der Waals surface area contributed by atoms with Gasteiger partial charge in [-0.3, -0.25) is 9.79 Å². The third kappa shape index (κ3) is 6.20. The van der Waals surface area contributed by atoms with Crippen molar-refractivity contribution in [3.05, 3.63) is 57.8 Å². The van der Waals surface area contributed by atoms with E-state index in [1.807, 2.05) is 18.0 Å². The van der Waals surface area contributed by atoms with Gasteiger partial charge in [-0.1, -0.05) is 30.3 Å². The first-order valence-corrected chi connectivity index (χ1v) is 10.3. The molecule has 0 unspecified atom stereocenters. The van der Waals surface area contributed by atoms with E-state index in [0.29, 0.717) is 19.5 Å². The van der Waals surface area contributed by atoms with E-state index in [1.165, 1.54) is 16.0 Å². The molecule has 2 aromatic rings. The number of carbonyl (C=O) groups is 1. The van der Waals surface area contributed by atoms with Crippen molar-refractivity contribution < 1.29 is 4.79 Å². The lowest BCUT2D eigenvalue weighted by Gasteiger charge is -2.23. The molecule has 1 fully saturated rings. The van der Waals surface area contributed by atoms with Crippen molar-refractivity contribution in [3.8, 4) is 0 Å². The van der Waals surface area contributed by atoms with Crippen LogP contribution >= 0.6 is 35.3 Å². The van der Waals surface area contributed by atoms with Gasteiger partial charge in [-0.25, -0.2) is 0 Å². The molecule has 7 heteroatoms. The number of carbonyl (C=O) groups excluding carboxylic acids is 1. The average molecular weight is 512 g/mol. The van der Waals surface area contributed by atoms with E-state index in [1.54, 1.807) is 11.3 Å². The molecular weight excluding hydrogens is 483 g/mol. The molecule has 5 nitrogen and oxygen atoms in total. The van der Waals surface area contributed by atoms with Gasteiger partial charge in [0.1, 0.15) is 0 Å². The zero-order valence-electron chi connectivity index (χ0n) is 16.6. The topological polar surface area (TPSA) is 47.9 Å². The molecular formula is C21H29IN4OS. The number of halogens is 1. The maximum absolute atomic E-state index is 11.9. The van der Waals surface area contributed by atoms with Gasteiger partial charge in [0.25, 0.3) is 0 Å². The van der Waals surface area contributed by atoms with Crippen molar-refractivity contribution in [1.29, 1.82) is 0 Å². The summed E-state index contributed by atoms with van der Waals surface area (Å²) in [6.45, 7) is 3.19. The van der Waals surface area contributed by atoms with Gasteiger partial charge in [-0.15, -0.1) is 35.3 Å². The number of benzene rings is 1. The van der Waals surface area contributed by atoms with Crippen molar-refractivity contribution in [1.82, 2.24) is 15.1 Å². The van der Waals surface area contributed by atoms with Gasteiger partial charge in [-0.05, 0) is 35.4 Å². The Kier molecular flexibility index (Phi) is 9.24. The third-order valence-electron chi connectivity index (χ3n) is 4.94. The van der Waals surface area contributed by atoms with Gasteiger partial charge in [0.15, 0.2) is 5.96 Å². The normalized spacial score (nSPS) is 14.1. The van der Waals surface area contributed by atoms with Crippen LogP contribution in [0.2, 0.25) is 0 Å². The Morgan fingerprint density at radius 2 is 2.04 bits per heavy atom. The molecule has 1 aliphatic heterocycles. The molecule has 1 amide bonds. The fraction of sp³-hybridized carbons (Fsp3) is 0.429. The van der Waals surface area contributed by atoms with Gasteiger partial charge in [-0.2, -0.15) is 0 Å². The molecule has 0 aliphatic carbocycles. The largest absolute Gasteiger partial charge is 0.352 e. The van der Waals surface area contributed by atoms with Crippen LogP contribution in [0.25, 0.3) is 0 Å². The molecule has 0 radical (unpaired) electrons. The van der Waals surface area contributed by atoms with Gasteiger partial charge < -0.3 is 15.1 Å². The zero-order chi connectivity index (χ0) is 19.1. The molecule has 1 N–H and O–H groups in total. The summed E-state index contributed by atoms with van der Waals surface area (Å²) in [6.07, 6.45) is 2.67. The number of aliphatic imine (C=N–C) groups is 1. The number of amides is 1. The summed E-state index contributed by atoms with van der Waals surface area (Å²) in [4.78, 5) is 21.9. The smallest absolute Gasteiger partial charge is 0.222 e. The molecule has 0 bridgehead atoms. The van der Waals surface area contributed by atoms with E-state index in [2.05, 4.69) is 58.0 Å². The summed E-state index contributed by atoms with van der Waals surface area (Å²) in [5.41, 5.74) is 2.42. The van der Waals surface area contributed by atoms with Crippen LogP contribution in [-0.4, -0.2) is 48.9 Å². The van der Waals surface area contributed by atoms with Crippen LogP contribution in [0.3, 0.4) is 0 Å². The molecule has 0 spiro atoms. The Bertz CT molecular complexity index is 778. The number of guanidine groups is 1. The summed E-state index contributed by atoms with van der Waals surface area (Å²) >= 11 is 1.79. The number of thiophene rings is 1. The summed E-state index contributed by atoms with van der Waals surface area (Å²) in [6, 6.07) is 12.6. The van der Waals surface area contributed by atoms with Crippen LogP contribution in [0.1, 0.15) is 28.8 Å². The zero-order valence-corrected chi connectivity index (χ0v) is 19.7. The number of rotatable bonds is 7. The molecule has 3 rings (SSSR count). The van der Waals surface area contributed by atoms with E-state index >= 15 is 0 Å². The van der Waals surface area contributed by atoms with Gasteiger partial charge >= 0.3 is 0 Å². The Morgan fingerprint density at radius 3 is 2.68 bits per heavy atom. The molecule has 152 valence electrons. The number of nitrogens with one attached hydrogen (secondary N) is 1. The van der Waals surface area contributed by atoms with Crippen molar-refractivity contribution in [2.45, 2.75) is 32.4 Å². The van der Waals surface area contributed by atoms with Crippen LogP contribution in [0.4, 0.5) is 0 Å². The third-order valence-corrected chi connectivity index (χ3v) is 5.87. The number of hydrogen-bond donors (Lipinski definition) is 1. The van der Waals surface area contributed by atoms with E-state index in [9.17, 15) is 4.79 Å². The number of likely N-dealkylation sites (N-methyl/N-ethyl adjacent to an activating group) is 1. The first kappa shape index (κ1) is 22.7. The highest BCUT2D eigenvalue weighted by molar-refractivity contribution is 14.0. The van der Waals surface area contributed by atoms with Crippen molar-refractivity contribution >= 4 is 47.2 Å². The summed E-state index contributed by atoms with van der Waals surface area (Å²) in [7, 11) is 3.89. The van der Waals surface area contributed by atoms with E-state index < -0.39 is 0 Å². The molecule has 2 heterocycles. The van der Waals surface area contributed by atoms with Gasteiger partial charge in [0, 0.05) is 51.6 Å². The van der Waals surface area contributed by atoms with Gasteiger partial charge in [0.2, 0.25) is 5.91 Å². The van der Waals surface area contributed by atoms with Crippen molar-refractivity contribution in [2.24, 2.45) is 4.99 Å². The standard InChI is InChI=1S/C21H28N4OS.HI/c1-22-21(24(2)13-11-19-9-6-14-27-19)23-15-17-7-3-4-8-18(17)16-25-12-5-10-20(25)26;/h3-4,6-9,14H,5,10-13,15-16H2,1-2H3,(H,22,23);1H. The lowest BCUT2D eigenvalue weighted by molar-refractivity contribution is -0.128. The summed E-state index contributed by atoms with van der Waals surface area (Å²) in [5.74, 6) is 1.15. The second kappa shape index (κ2) is 11.4. The molecule has 28 heavy (non-hydrogen) atoms. The minimum absolute atomic E-state index is 0. The molecule has 1 aromatic carbocycles. The molecule has 0 atom stereocenters. The Hall–Kier alpha value is -1.61. The predicted molar refractivity (Wildman–Crippen MR) is 127 cm³/mol. The number of hydrogen-bond acceptors (Lipinski definition) is 3. The second-order valence-electron chi connectivity index (χ2n) is 6.84. The number of likely N-dealkylation sites (tertiary alicyclic amines) is 1. The lowest BCUT2D eigenvalue weighted by Crippen LogP contribution is -2.39. The Morgan fingerprint density at radius 1 is 1.25 bits per heavy atom. The highest BCUT2D eigenvalue weighted by Gasteiger charge is 2.20. The maximum atomic E-state index is 11.9. The molecule has 1 saturated heterocycles. The summed E-state index contributed by atoms with van der Waals surface area (Å²) in [5, 5.41) is 5.58. The Labute approximate surface area is 188 Å². The van der Waals surface area contributed by atoms with Crippen LogP contribution in [0, 0.1) is 0 Å². The lowest BCUT2D eigenvalue weighted by atomic mass is 10.1. The minimum atomic E-state index is 0. The van der Waals surface area contributed by atoms with E-state index in [0.717, 1.165) is 31.9 Å². The van der Waals surface area contributed by atoms with Crippen molar-refractivity contribution in [3.63, 3.8) is 0 Å². The second-order valence-corrected chi connectivity index (χ2v) is 7.87. The minimum Gasteiger partial charge on any atom is -0.352 e. The summed E-state index contributed by atoms with van der Waals surface area (Å²) < 4.78 is 0. The predicted octanol–water partition coefficient (Wildman–Crippen LogP) is 3.74. The SMILES string of the molecule is CN=C(NCc1ccccc1CN1CCCC1=O)N(C)CCc1cccs1.I. The van der Waals surface area contributed by atoms with E-state index in [-0.39, 0.29) is 29.9 Å². The van der Waals surface area contributed by atoms with Crippen LogP contribution < -0.4 is 5.32 Å². The van der Waals surface area contributed by atoms with Crippen LogP contribution in [0.15, 0.2) is 46.8 Å². The van der Waals surface area contributed by atoms with Crippen LogP contribution in [-0.2, 0) is 24.3 Å². The highest BCUT2D eigenvalue weighted by atomic mass is 127. The van der Waals surface area contributed by atoms with Crippen LogP contribution in [0.5, 0.6) is 0 Å². The maximum Gasteiger partial charge on any atom is 0.222 e. The fourth-order valence-electron chi connectivity index (χ4n) is 3.36. The fourth-order valence-corrected chi connectivity index (χ4v) is 4.06.